The van der Waals surface area contributed by atoms with E-state index in [0.717, 1.165) is 23.3 Å². The van der Waals surface area contributed by atoms with Crippen molar-refractivity contribution in [3.63, 3.8) is 0 Å². The Hall–Kier alpha value is -2.41. The molecule has 12 heteroatoms. The summed E-state index contributed by atoms with van der Waals surface area (Å²) < 4.78 is 26.8. The Morgan fingerprint density at radius 2 is 2.14 bits per heavy atom. The lowest BCUT2D eigenvalue weighted by atomic mass is 10.1. The Kier molecular flexibility index (Phi) is 8.15. The van der Waals surface area contributed by atoms with E-state index in [-0.39, 0.29) is 31.0 Å². The van der Waals surface area contributed by atoms with Crippen molar-refractivity contribution >= 4 is 44.8 Å². The number of nitrogens with zero attached hydrogens (tertiary/aromatic N) is 2. The zero-order chi connectivity index (χ0) is 25.0. The van der Waals surface area contributed by atoms with Gasteiger partial charge in [-0.2, -0.15) is 8.42 Å². The van der Waals surface area contributed by atoms with Crippen molar-refractivity contribution in [2.75, 3.05) is 11.9 Å². The summed E-state index contributed by atoms with van der Waals surface area (Å²) in [5.74, 6) is 0.209. The molecule has 4 rings (SSSR count). The Balaban J connectivity index is 1.49. The third kappa shape index (κ3) is 6.84. The first-order valence-corrected chi connectivity index (χ1v) is 13.6. The SMILES string of the molecule is NS(=O)(=O)OC[C@@H]1CCC(Nc2ncncc2C(=O)c2cc(CO)c(Cc3cccc(Cl)c3)s2)C1. The summed E-state index contributed by atoms with van der Waals surface area (Å²) in [6, 6.07) is 9.18. The van der Waals surface area contributed by atoms with Crippen LogP contribution in [-0.4, -0.2) is 41.9 Å². The Morgan fingerprint density at radius 3 is 2.89 bits per heavy atom. The van der Waals surface area contributed by atoms with E-state index in [1.165, 1.54) is 23.9 Å². The fraction of sp³-hybridized carbons (Fsp3) is 0.348. The van der Waals surface area contributed by atoms with E-state index < -0.39 is 10.3 Å². The van der Waals surface area contributed by atoms with Crippen LogP contribution in [0.25, 0.3) is 0 Å². The minimum Gasteiger partial charge on any atom is -0.392 e. The molecule has 1 saturated carbocycles. The van der Waals surface area contributed by atoms with E-state index in [4.69, 9.17) is 20.9 Å². The summed E-state index contributed by atoms with van der Waals surface area (Å²) in [4.78, 5) is 23.1. The van der Waals surface area contributed by atoms with E-state index in [1.807, 2.05) is 18.2 Å². The number of benzene rings is 1. The molecule has 3 aromatic rings. The number of rotatable bonds is 10. The van der Waals surface area contributed by atoms with Crippen LogP contribution in [0, 0.1) is 5.92 Å². The van der Waals surface area contributed by atoms with Crippen LogP contribution >= 0.6 is 22.9 Å². The standard InChI is InChI=1S/C23H25ClN4O5S2/c24-17-3-1-2-14(6-17)8-20-16(11-29)9-21(34-20)22(30)19-10-26-13-27-23(19)28-18-5-4-15(7-18)12-33-35(25,31)32/h1-3,6,9-10,13,15,18,29H,4-5,7-8,11-12H2,(H2,25,31,32)(H,26,27,28)/t15-,18?/m1/s1. The molecule has 0 bridgehead atoms. The summed E-state index contributed by atoms with van der Waals surface area (Å²) in [7, 11) is -3.97. The number of hydrogen-bond donors (Lipinski definition) is 3. The topological polar surface area (TPSA) is 144 Å². The van der Waals surface area contributed by atoms with E-state index in [0.29, 0.717) is 39.7 Å². The van der Waals surface area contributed by atoms with Crippen LogP contribution in [0.4, 0.5) is 5.82 Å². The Labute approximate surface area is 212 Å². The number of ketones is 1. The fourth-order valence-electron chi connectivity index (χ4n) is 4.18. The number of nitrogens with two attached hydrogens (primary N) is 1. The lowest BCUT2D eigenvalue weighted by Crippen LogP contribution is -2.22. The van der Waals surface area contributed by atoms with E-state index in [2.05, 4.69) is 15.3 Å². The van der Waals surface area contributed by atoms with Crippen molar-refractivity contribution < 1.29 is 22.5 Å². The maximum Gasteiger partial charge on any atom is 0.333 e. The maximum atomic E-state index is 13.4. The normalized spacial score (nSPS) is 18.0. The first-order chi connectivity index (χ1) is 16.7. The van der Waals surface area contributed by atoms with Gasteiger partial charge in [0.15, 0.2) is 0 Å². The van der Waals surface area contributed by atoms with Crippen molar-refractivity contribution in [2.45, 2.75) is 38.3 Å². The van der Waals surface area contributed by atoms with Crippen molar-refractivity contribution in [3.05, 3.63) is 74.3 Å². The molecule has 2 heterocycles. The average molecular weight is 537 g/mol. The van der Waals surface area contributed by atoms with Crippen LogP contribution in [0.1, 0.15) is 50.5 Å². The van der Waals surface area contributed by atoms with E-state index in [9.17, 15) is 18.3 Å². The van der Waals surface area contributed by atoms with Crippen LogP contribution < -0.4 is 10.5 Å². The molecule has 0 amide bonds. The highest BCUT2D eigenvalue weighted by atomic mass is 35.5. The molecule has 1 unspecified atom stereocenters. The quantitative estimate of drug-likeness (QED) is 0.335. The highest BCUT2D eigenvalue weighted by Gasteiger charge is 2.28. The molecule has 0 aliphatic heterocycles. The van der Waals surface area contributed by atoms with E-state index in [1.54, 1.807) is 12.1 Å². The smallest absolute Gasteiger partial charge is 0.333 e. The van der Waals surface area contributed by atoms with Crippen molar-refractivity contribution in [1.82, 2.24) is 9.97 Å². The van der Waals surface area contributed by atoms with Crippen molar-refractivity contribution in [2.24, 2.45) is 11.1 Å². The summed E-state index contributed by atoms with van der Waals surface area (Å²) >= 11 is 7.42. The van der Waals surface area contributed by atoms with Gasteiger partial charge in [-0.1, -0.05) is 23.7 Å². The minimum absolute atomic E-state index is 0.000238. The largest absolute Gasteiger partial charge is 0.392 e. The molecule has 0 radical (unpaired) electrons. The van der Waals surface area contributed by atoms with Gasteiger partial charge in [-0.25, -0.2) is 15.1 Å². The zero-order valence-electron chi connectivity index (χ0n) is 18.7. The lowest BCUT2D eigenvalue weighted by molar-refractivity contribution is 0.104. The van der Waals surface area contributed by atoms with Gasteiger partial charge in [0.1, 0.15) is 12.1 Å². The van der Waals surface area contributed by atoms with Crippen LogP contribution in [0.3, 0.4) is 0 Å². The molecule has 1 aromatic carbocycles. The molecular weight excluding hydrogens is 512 g/mol. The van der Waals surface area contributed by atoms with Gasteiger partial charge in [-0.15, -0.1) is 11.3 Å². The number of halogens is 1. The van der Waals surface area contributed by atoms with Gasteiger partial charge in [0.25, 0.3) is 0 Å². The van der Waals surface area contributed by atoms with Gasteiger partial charge in [0.05, 0.1) is 23.7 Å². The summed E-state index contributed by atoms with van der Waals surface area (Å²) in [5.41, 5.74) is 2.01. The summed E-state index contributed by atoms with van der Waals surface area (Å²) in [6.07, 6.45) is 5.59. The number of thiophene rings is 1. The minimum atomic E-state index is -3.97. The second kappa shape index (κ2) is 11.1. The monoisotopic (exact) mass is 536 g/mol. The zero-order valence-corrected chi connectivity index (χ0v) is 21.1. The molecule has 1 aliphatic rings. The molecule has 35 heavy (non-hydrogen) atoms. The number of nitrogens with one attached hydrogen (secondary N) is 1. The Bertz CT molecular complexity index is 1310. The molecule has 4 N–H and O–H groups in total. The molecule has 0 saturated heterocycles. The third-order valence-corrected chi connectivity index (χ3v) is 7.73. The van der Waals surface area contributed by atoms with Gasteiger partial charge in [0, 0.05) is 28.6 Å². The van der Waals surface area contributed by atoms with Crippen LogP contribution in [0.2, 0.25) is 5.02 Å². The third-order valence-electron chi connectivity index (χ3n) is 5.85. The van der Waals surface area contributed by atoms with Gasteiger partial charge in [-0.3, -0.25) is 8.98 Å². The molecule has 2 atom stereocenters. The first-order valence-electron chi connectivity index (χ1n) is 11.0. The molecule has 1 aliphatic carbocycles. The first kappa shape index (κ1) is 25.7. The number of aliphatic hydroxyl groups is 1. The number of aromatic nitrogens is 2. The van der Waals surface area contributed by atoms with Gasteiger partial charge >= 0.3 is 10.3 Å². The second-order valence-corrected chi connectivity index (χ2v) is 11.2. The summed E-state index contributed by atoms with van der Waals surface area (Å²) in [6.45, 7) is -0.152. The van der Waals surface area contributed by atoms with Crippen molar-refractivity contribution in [1.29, 1.82) is 0 Å². The molecule has 0 spiro atoms. The van der Waals surface area contributed by atoms with Gasteiger partial charge in [-0.05, 0) is 54.5 Å². The number of anilines is 1. The lowest BCUT2D eigenvalue weighted by Gasteiger charge is -2.15. The number of aliphatic hydroxyl groups excluding tert-OH is 1. The fourth-order valence-corrected chi connectivity index (χ4v) is 5.94. The van der Waals surface area contributed by atoms with E-state index >= 15 is 0 Å². The second-order valence-electron chi connectivity index (χ2n) is 8.44. The Morgan fingerprint density at radius 1 is 1.31 bits per heavy atom. The van der Waals surface area contributed by atoms with Gasteiger partial charge < -0.3 is 10.4 Å². The van der Waals surface area contributed by atoms with Crippen LogP contribution in [-0.2, 0) is 27.5 Å². The molecule has 186 valence electrons. The number of hydrogen-bond acceptors (Lipinski definition) is 9. The molecular formula is C23H25ClN4O5S2. The van der Waals surface area contributed by atoms with Gasteiger partial charge in [0.2, 0.25) is 5.78 Å². The molecule has 9 nitrogen and oxygen atoms in total. The maximum absolute atomic E-state index is 13.4. The molecule has 1 fully saturated rings. The molecule has 2 aromatic heterocycles. The number of carbonyl (C=O) groups excluding carboxylic acids is 1. The van der Waals surface area contributed by atoms with Crippen LogP contribution in [0.15, 0.2) is 42.9 Å². The highest BCUT2D eigenvalue weighted by molar-refractivity contribution is 7.84. The van der Waals surface area contributed by atoms with Crippen LogP contribution in [0.5, 0.6) is 0 Å². The predicted molar refractivity (Wildman–Crippen MR) is 134 cm³/mol. The summed E-state index contributed by atoms with van der Waals surface area (Å²) in [5, 5.41) is 18.7. The number of carbonyl (C=O) groups is 1. The average Bonchev–Trinajstić information content (AvgIpc) is 3.44. The predicted octanol–water partition coefficient (Wildman–Crippen LogP) is 3.31. The highest BCUT2D eigenvalue weighted by Crippen LogP contribution is 2.32. The van der Waals surface area contributed by atoms with Crippen molar-refractivity contribution in [3.8, 4) is 0 Å².